The lowest BCUT2D eigenvalue weighted by atomic mass is 10.0. The molecular weight excluding hydrogens is 423 g/mol. The number of methoxy groups -OCH3 is 1. The molecule has 0 aromatic heterocycles. The van der Waals surface area contributed by atoms with Crippen molar-refractivity contribution < 1.29 is 32.6 Å². The van der Waals surface area contributed by atoms with E-state index in [9.17, 15) is 27.9 Å². The first-order valence-corrected chi connectivity index (χ1v) is 8.78. The predicted molar refractivity (Wildman–Crippen MR) is 95.6 cm³/mol. The number of hydrogen-bond donors (Lipinski definition) is 1. The minimum absolute atomic E-state index is 0.0716. The summed E-state index contributed by atoms with van der Waals surface area (Å²) in [7, 11) is 1.08. The van der Waals surface area contributed by atoms with E-state index >= 15 is 0 Å². The highest BCUT2D eigenvalue weighted by molar-refractivity contribution is 8.18. The molecule has 7 nitrogen and oxygen atoms in total. The van der Waals surface area contributed by atoms with Gasteiger partial charge in [0.25, 0.3) is 11.6 Å². The van der Waals surface area contributed by atoms with Crippen LogP contribution in [0.3, 0.4) is 0 Å². The number of alkyl halides is 3. The van der Waals surface area contributed by atoms with Gasteiger partial charge in [-0.25, -0.2) is 4.79 Å². The summed E-state index contributed by atoms with van der Waals surface area (Å²) in [6, 6.07) is 5.85. The van der Waals surface area contributed by atoms with Crippen molar-refractivity contribution >= 4 is 46.1 Å². The molecule has 2 aliphatic rings. The third-order valence-corrected chi connectivity index (χ3v) is 5.07. The summed E-state index contributed by atoms with van der Waals surface area (Å²) < 4.78 is 45.3. The van der Waals surface area contributed by atoms with E-state index in [0.29, 0.717) is 22.3 Å². The van der Waals surface area contributed by atoms with Gasteiger partial charge in [-0.15, -0.1) is 0 Å². The Morgan fingerprint density at radius 1 is 1.39 bits per heavy atom. The first-order chi connectivity index (χ1) is 13.0. The summed E-state index contributed by atoms with van der Waals surface area (Å²) in [6.45, 7) is 0. The van der Waals surface area contributed by atoms with Gasteiger partial charge >= 0.3 is 12.1 Å². The Hall–Kier alpha value is -2.37. The second-order valence-corrected chi connectivity index (χ2v) is 7.14. The Kier molecular flexibility index (Phi) is 5.26. The first-order valence-electron chi connectivity index (χ1n) is 7.58. The van der Waals surface area contributed by atoms with Gasteiger partial charge in [0.15, 0.2) is 5.17 Å². The van der Waals surface area contributed by atoms with Crippen LogP contribution in [0.5, 0.6) is 0 Å². The van der Waals surface area contributed by atoms with Crippen LogP contribution < -0.4 is 0 Å². The molecule has 1 atom stereocenters. The predicted octanol–water partition coefficient (Wildman–Crippen LogP) is 2.69. The van der Waals surface area contributed by atoms with Crippen molar-refractivity contribution in [1.82, 2.24) is 5.01 Å². The molecule has 0 bridgehead atoms. The minimum atomic E-state index is -5.11. The van der Waals surface area contributed by atoms with Crippen LogP contribution >= 0.6 is 23.4 Å². The molecule has 0 saturated carbocycles. The summed E-state index contributed by atoms with van der Waals surface area (Å²) in [5.74, 6) is -1.81. The molecule has 0 aliphatic carbocycles. The molecule has 1 unspecified atom stereocenters. The van der Waals surface area contributed by atoms with Crippen LogP contribution in [0.4, 0.5) is 13.2 Å². The maximum absolute atomic E-state index is 13.6. The molecule has 148 valence electrons. The zero-order valence-corrected chi connectivity index (χ0v) is 15.6. The van der Waals surface area contributed by atoms with Crippen LogP contribution in [-0.4, -0.2) is 51.9 Å². The third kappa shape index (κ3) is 3.64. The number of hydrazone groups is 1. The molecule has 2 aliphatic heterocycles. The minimum Gasteiger partial charge on any atom is -0.466 e. The number of nitrogens with zero attached hydrogens (tertiary/aromatic N) is 3. The maximum atomic E-state index is 13.6. The largest absolute Gasteiger partial charge is 0.466 e. The Morgan fingerprint density at radius 3 is 2.61 bits per heavy atom. The molecule has 0 saturated heterocycles. The molecule has 0 fully saturated rings. The van der Waals surface area contributed by atoms with Crippen molar-refractivity contribution in [1.29, 1.82) is 0 Å². The summed E-state index contributed by atoms with van der Waals surface area (Å²) in [4.78, 5) is 26.4. The average molecular weight is 434 g/mol. The van der Waals surface area contributed by atoms with Crippen LogP contribution in [-0.2, 0) is 14.3 Å². The summed E-state index contributed by atoms with van der Waals surface area (Å²) in [6.07, 6.45) is -5.19. The van der Waals surface area contributed by atoms with Crippen LogP contribution in [0.1, 0.15) is 12.0 Å². The van der Waals surface area contributed by atoms with Crippen molar-refractivity contribution in [3.63, 3.8) is 0 Å². The van der Waals surface area contributed by atoms with E-state index in [1.165, 1.54) is 24.3 Å². The van der Waals surface area contributed by atoms with Crippen molar-refractivity contribution in [2.45, 2.75) is 18.3 Å². The van der Waals surface area contributed by atoms with E-state index in [0.717, 1.165) is 13.2 Å². The molecule has 12 heteroatoms. The summed E-state index contributed by atoms with van der Waals surface area (Å²) in [5.41, 5.74) is -3.16. The summed E-state index contributed by atoms with van der Waals surface area (Å²) >= 11 is 6.26. The third-order valence-electron chi connectivity index (χ3n) is 3.86. The second kappa shape index (κ2) is 7.22. The lowest BCUT2D eigenvalue weighted by Gasteiger charge is -2.33. The van der Waals surface area contributed by atoms with E-state index in [2.05, 4.69) is 14.8 Å². The van der Waals surface area contributed by atoms with Crippen LogP contribution in [0.2, 0.25) is 5.02 Å². The van der Waals surface area contributed by atoms with Gasteiger partial charge in [0.2, 0.25) is 0 Å². The lowest BCUT2D eigenvalue weighted by Crippen LogP contribution is -2.56. The number of amidine groups is 1. The Morgan fingerprint density at radius 2 is 2.04 bits per heavy atom. The van der Waals surface area contributed by atoms with Gasteiger partial charge in [0, 0.05) is 11.1 Å². The standard InChI is InChI=1S/C16H11ClF3N3O4S/c1-27-12(24)6-11-13(25)21-14(28-11)23-15(26,16(18,19)20)7-10(22-23)8-2-4-9(17)5-3-8/h2-6,26H,7H2,1H3. The number of aliphatic imine (C=N–C) groups is 1. The number of halogens is 4. The van der Waals surface area contributed by atoms with E-state index in [-0.39, 0.29) is 15.6 Å². The van der Waals surface area contributed by atoms with Gasteiger partial charge in [-0.3, -0.25) is 4.79 Å². The molecular formula is C16H11ClF3N3O4S. The topological polar surface area (TPSA) is 91.6 Å². The number of carbonyl (C=O) groups excluding carboxylic acids is 2. The van der Waals surface area contributed by atoms with E-state index in [1.807, 2.05) is 0 Å². The Bertz CT molecular complexity index is 930. The summed E-state index contributed by atoms with van der Waals surface area (Å²) in [5, 5.41) is 14.3. The van der Waals surface area contributed by atoms with Gasteiger partial charge in [0.05, 0.1) is 24.1 Å². The van der Waals surface area contributed by atoms with Gasteiger partial charge in [-0.05, 0) is 29.5 Å². The molecule has 3 rings (SSSR count). The zero-order chi connectivity index (χ0) is 20.7. The number of aliphatic hydroxyl groups is 1. The van der Waals surface area contributed by atoms with Crippen molar-refractivity contribution in [3.05, 3.63) is 45.8 Å². The molecule has 1 aromatic carbocycles. The highest BCUT2D eigenvalue weighted by Crippen LogP contribution is 2.44. The number of carbonyl (C=O) groups is 2. The fourth-order valence-electron chi connectivity index (χ4n) is 2.43. The number of thioether (sulfide) groups is 1. The van der Waals surface area contributed by atoms with Gasteiger partial charge in [-0.1, -0.05) is 23.7 Å². The fraction of sp³-hybridized carbons (Fsp3) is 0.250. The Labute approximate surface area is 165 Å². The van der Waals surface area contributed by atoms with Gasteiger partial charge < -0.3 is 9.84 Å². The molecule has 28 heavy (non-hydrogen) atoms. The van der Waals surface area contributed by atoms with E-state index in [1.54, 1.807) is 0 Å². The molecule has 0 radical (unpaired) electrons. The lowest BCUT2D eigenvalue weighted by molar-refractivity contribution is -0.294. The molecule has 2 heterocycles. The number of rotatable bonds is 2. The normalized spacial score (nSPS) is 23.9. The molecule has 1 amide bonds. The fourth-order valence-corrected chi connectivity index (χ4v) is 3.44. The highest BCUT2D eigenvalue weighted by Gasteiger charge is 2.63. The Balaban J connectivity index is 1.99. The van der Waals surface area contributed by atoms with Crippen LogP contribution in [0, 0.1) is 0 Å². The average Bonchev–Trinajstić information content (AvgIpc) is 3.16. The van der Waals surface area contributed by atoms with Crippen molar-refractivity contribution in [2.24, 2.45) is 10.1 Å². The number of ether oxygens (including phenoxy) is 1. The smallest absolute Gasteiger partial charge is 0.438 e. The van der Waals surface area contributed by atoms with Crippen molar-refractivity contribution in [3.8, 4) is 0 Å². The zero-order valence-electron chi connectivity index (χ0n) is 14.0. The number of amides is 1. The molecule has 1 N–H and O–H groups in total. The van der Waals surface area contributed by atoms with E-state index in [4.69, 9.17) is 11.6 Å². The van der Waals surface area contributed by atoms with E-state index < -0.39 is 35.4 Å². The van der Waals surface area contributed by atoms with Gasteiger partial charge in [0.1, 0.15) is 0 Å². The monoisotopic (exact) mass is 433 g/mol. The second-order valence-electron chi connectivity index (χ2n) is 5.69. The van der Waals surface area contributed by atoms with Crippen LogP contribution in [0.15, 0.2) is 45.3 Å². The molecule has 0 spiro atoms. The number of esters is 1. The number of benzene rings is 1. The SMILES string of the molecule is COC(=O)C=C1SC(N2N=C(c3ccc(Cl)cc3)CC2(O)C(F)(F)F)=NC1=O. The maximum Gasteiger partial charge on any atom is 0.438 e. The first kappa shape index (κ1) is 20.4. The molecule has 1 aromatic rings. The highest BCUT2D eigenvalue weighted by atomic mass is 35.5. The quantitative estimate of drug-likeness (QED) is 0.569. The number of hydrogen-bond acceptors (Lipinski definition) is 7. The van der Waals surface area contributed by atoms with Gasteiger partial charge in [-0.2, -0.15) is 28.3 Å². The van der Waals surface area contributed by atoms with Crippen LogP contribution in [0.25, 0.3) is 0 Å². The van der Waals surface area contributed by atoms with Crippen molar-refractivity contribution in [2.75, 3.05) is 7.11 Å².